The minimum absolute atomic E-state index is 0.511. The maximum absolute atomic E-state index is 5.33. The Balaban J connectivity index is 1.57. The molecule has 0 unspecified atom stereocenters. The van der Waals surface area contributed by atoms with Crippen molar-refractivity contribution in [3.63, 3.8) is 0 Å². The zero-order valence-electron chi connectivity index (χ0n) is 13.5. The fourth-order valence-corrected chi connectivity index (χ4v) is 3.06. The van der Waals surface area contributed by atoms with E-state index in [4.69, 9.17) is 4.52 Å². The summed E-state index contributed by atoms with van der Waals surface area (Å²) < 4.78 is 7.37. The second-order valence-electron chi connectivity index (χ2n) is 6.21. The van der Waals surface area contributed by atoms with E-state index in [0.29, 0.717) is 6.04 Å². The second kappa shape index (κ2) is 7.05. The molecule has 6 nitrogen and oxygen atoms in total. The quantitative estimate of drug-likeness (QED) is 0.787. The highest BCUT2D eigenvalue weighted by Gasteiger charge is 2.26. The van der Waals surface area contributed by atoms with Crippen LogP contribution in [0.3, 0.4) is 0 Å². The Hall–Kier alpha value is -1.69. The minimum atomic E-state index is 0.511. The maximum Gasteiger partial charge on any atom is 0.226 e. The minimum Gasteiger partial charge on any atom is -0.339 e. The van der Waals surface area contributed by atoms with Gasteiger partial charge in [0.05, 0.1) is 19.3 Å². The highest BCUT2D eigenvalue weighted by molar-refractivity contribution is 5.00. The van der Waals surface area contributed by atoms with Crippen molar-refractivity contribution in [2.45, 2.75) is 65.1 Å². The molecule has 1 aliphatic rings. The van der Waals surface area contributed by atoms with E-state index in [1.807, 2.05) is 10.9 Å². The summed E-state index contributed by atoms with van der Waals surface area (Å²) in [5, 5.41) is 8.53. The summed E-state index contributed by atoms with van der Waals surface area (Å²) in [6.45, 7) is 7.06. The maximum atomic E-state index is 5.33. The van der Waals surface area contributed by atoms with Gasteiger partial charge in [0.2, 0.25) is 5.89 Å². The summed E-state index contributed by atoms with van der Waals surface area (Å²) in [4.78, 5) is 6.96. The fraction of sp³-hybridized carbons (Fsp3) is 0.688. The summed E-state index contributed by atoms with van der Waals surface area (Å²) in [6.07, 6.45) is 9.60. The van der Waals surface area contributed by atoms with Gasteiger partial charge in [0.15, 0.2) is 5.82 Å². The Morgan fingerprint density at radius 3 is 3.09 bits per heavy atom. The van der Waals surface area contributed by atoms with Crippen molar-refractivity contribution in [1.82, 2.24) is 24.8 Å². The van der Waals surface area contributed by atoms with Crippen LogP contribution in [0.4, 0.5) is 0 Å². The van der Waals surface area contributed by atoms with Crippen LogP contribution in [0.2, 0.25) is 0 Å². The third-order valence-corrected chi connectivity index (χ3v) is 4.26. The third-order valence-electron chi connectivity index (χ3n) is 4.26. The van der Waals surface area contributed by atoms with Crippen LogP contribution in [-0.2, 0) is 19.5 Å². The molecule has 120 valence electrons. The lowest BCUT2D eigenvalue weighted by Crippen LogP contribution is -2.33. The molecule has 1 saturated heterocycles. The zero-order valence-corrected chi connectivity index (χ0v) is 13.5. The number of unbranched alkanes of at least 4 members (excludes halogenated alkanes) is 1. The Morgan fingerprint density at radius 2 is 2.32 bits per heavy atom. The van der Waals surface area contributed by atoms with E-state index < -0.39 is 0 Å². The van der Waals surface area contributed by atoms with Crippen LogP contribution in [0.1, 0.15) is 49.9 Å². The molecule has 0 spiro atoms. The first-order valence-electron chi connectivity index (χ1n) is 8.29. The van der Waals surface area contributed by atoms with Crippen molar-refractivity contribution in [2.75, 3.05) is 6.54 Å². The molecule has 3 rings (SSSR count). The molecule has 22 heavy (non-hydrogen) atoms. The highest BCUT2D eigenvalue weighted by atomic mass is 16.5. The van der Waals surface area contributed by atoms with E-state index in [9.17, 15) is 0 Å². The van der Waals surface area contributed by atoms with Gasteiger partial charge in [-0.05, 0) is 38.3 Å². The van der Waals surface area contributed by atoms with Crippen LogP contribution < -0.4 is 0 Å². The molecule has 0 aromatic carbocycles. The molecule has 0 aliphatic carbocycles. The molecule has 1 atom stereocenters. The van der Waals surface area contributed by atoms with E-state index in [1.54, 1.807) is 0 Å². The van der Waals surface area contributed by atoms with E-state index >= 15 is 0 Å². The van der Waals surface area contributed by atoms with Gasteiger partial charge in [-0.15, -0.1) is 0 Å². The molecule has 2 aromatic rings. The molecule has 0 bridgehead atoms. The smallest absolute Gasteiger partial charge is 0.226 e. The molecule has 0 radical (unpaired) electrons. The molecule has 0 N–H and O–H groups in total. The first-order chi connectivity index (χ1) is 10.7. The lowest BCUT2D eigenvalue weighted by molar-refractivity contribution is 0.211. The van der Waals surface area contributed by atoms with Crippen molar-refractivity contribution in [2.24, 2.45) is 0 Å². The standard InChI is InChI=1S/C16H25N5O/c1-3-4-7-16-18-15(19-22-16)12-20-8-5-6-14(20)11-21-10-13(2)9-17-21/h9-10,14H,3-8,11-12H2,1-2H3/t14-/m1/s1. The molecule has 1 fully saturated rings. The number of rotatable bonds is 7. The number of nitrogens with zero attached hydrogens (tertiary/aromatic N) is 5. The van der Waals surface area contributed by atoms with Gasteiger partial charge in [-0.3, -0.25) is 9.58 Å². The predicted octanol–water partition coefficient (Wildman–Crippen LogP) is 2.58. The molecular formula is C16H25N5O. The van der Waals surface area contributed by atoms with Crippen molar-refractivity contribution in [3.05, 3.63) is 29.7 Å². The lowest BCUT2D eigenvalue weighted by atomic mass is 10.2. The highest BCUT2D eigenvalue weighted by Crippen LogP contribution is 2.21. The van der Waals surface area contributed by atoms with Gasteiger partial charge < -0.3 is 4.52 Å². The van der Waals surface area contributed by atoms with Crippen LogP contribution >= 0.6 is 0 Å². The largest absolute Gasteiger partial charge is 0.339 e. The van der Waals surface area contributed by atoms with E-state index in [2.05, 4.69) is 40.2 Å². The first kappa shape index (κ1) is 15.2. The summed E-state index contributed by atoms with van der Waals surface area (Å²) in [5.41, 5.74) is 1.21. The Labute approximate surface area is 131 Å². The summed E-state index contributed by atoms with van der Waals surface area (Å²) >= 11 is 0. The molecule has 0 saturated carbocycles. The topological polar surface area (TPSA) is 60.0 Å². The van der Waals surface area contributed by atoms with Gasteiger partial charge in [-0.1, -0.05) is 18.5 Å². The number of likely N-dealkylation sites (tertiary alicyclic amines) is 1. The van der Waals surface area contributed by atoms with Crippen LogP contribution in [0, 0.1) is 6.92 Å². The van der Waals surface area contributed by atoms with Gasteiger partial charge in [0.25, 0.3) is 0 Å². The van der Waals surface area contributed by atoms with Crippen LogP contribution in [0.25, 0.3) is 0 Å². The van der Waals surface area contributed by atoms with Gasteiger partial charge >= 0.3 is 0 Å². The molecule has 2 aromatic heterocycles. The summed E-state index contributed by atoms with van der Waals surface area (Å²) in [7, 11) is 0. The third kappa shape index (κ3) is 3.74. The van der Waals surface area contributed by atoms with Crippen LogP contribution in [0.15, 0.2) is 16.9 Å². The average Bonchev–Trinajstić information content (AvgIpc) is 3.21. The normalized spacial score (nSPS) is 19.1. The Morgan fingerprint density at radius 1 is 1.41 bits per heavy atom. The molecule has 6 heteroatoms. The lowest BCUT2D eigenvalue weighted by Gasteiger charge is -2.22. The van der Waals surface area contributed by atoms with Crippen molar-refractivity contribution in [1.29, 1.82) is 0 Å². The Kier molecular flexibility index (Phi) is 4.87. The van der Waals surface area contributed by atoms with Gasteiger partial charge in [0, 0.05) is 18.7 Å². The number of hydrogen-bond acceptors (Lipinski definition) is 5. The van der Waals surface area contributed by atoms with Crippen LogP contribution in [-0.4, -0.2) is 37.4 Å². The predicted molar refractivity (Wildman–Crippen MR) is 83.3 cm³/mol. The number of aromatic nitrogens is 4. The van der Waals surface area contributed by atoms with Gasteiger partial charge in [0.1, 0.15) is 0 Å². The molecule has 0 amide bonds. The average molecular weight is 303 g/mol. The van der Waals surface area contributed by atoms with Crippen molar-refractivity contribution >= 4 is 0 Å². The SMILES string of the molecule is CCCCc1nc(CN2CCC[C@@H]2Cn2cc(C)cn2)no1. The number of hydrogen-bond donors (Lipinski definition) is 0. The summed E-state index contributed by atoms with van der Waals surface area (Å²) in [5.74, 6) is 1.59. The van der Waals surface area contributed by atoms with Crippen molar-refractivity contribution in [3.8, 4) is 0 Å². The zero-order chi connectivity index (χ0) is 15.4. The monoisotopic (exact) mass is 303 g/mol. The number of aryl methyl sites for hydroxylation is 2. The second-order valence-corrected chi connectivity index (χ2v) is 6.21. The van der Waals surface area contributed by atoms with E-state index in [0.717, 1.165) is 50.6 Å². The van der Waals surface area contributed by atoms with Gasteiger partial charge in [-0.2, -0.15) is 10.1 Å². The van der Waals surface area contributed by atoms with Crippen molar-refractivity contribution < 1.29 is 4.52 Å². The first-order valence-corrected chi connectivity index (χ1v) is 8.29. The van der Waals surface area contributed by atoms with Gasteiger partial charge in [-0.25, -0.2) is 0 Å². The Bertz CT molecular complexity index is 591. The molecule has 1 aliphatic heterocycles. The van der Waals surface area contributed by atoms with E-state index in [-0.39, 0.29) is 0 Å². The summed E-state index contributed by atoms with van der Waals surface area (Å²) in [6, 6.07) is 0.511. The van der Waals surface area contributed by atoms with Crippen LogP contribution in [0.5, 0.6) is 0 Å². The van der Waals surface area contributed by atoms with E-state index in [1.165, 1.54) is 18.4 Å². The molecular weight excluding hydrogens is 278 g/mol. The fourth-order valence-electron chi connectivity index (χ4n) is 3.06. The molecule has 3 heterocycles.